The zero-order chi connectivity index (χ0) is 14.5. The van der Waals surface area contributed by atoms with E-state index in [9.17, 15) is 4.79 Å². The lowest BCUT2D eigenvalue weighted by molar-refractivity contribution is 0.0955. The zero-order valence-corrected chi connectivity index (χ0v) is 12.2. The number of nitrogens with zero attached hydrogens (tertiary/aromatic N) is 1. The number of carbonyl (C=O) groups is 1. The van der Waals surface area contributed by atoms with E-state index in [-0.39, 0.29) is 5.91 Å². The molecule has 0 aliphatic rings. The number of hydrogen-bond donors (Lipinski definition) is 1. The SMILES string of the molecule is Cc1ccc(C(=O)N/N=C/c2ccc(Cl)cc2)cc1Cl. The van der Waals surface area contributed by atoms with Crippen LogP contribution in [0, 0.1) is 6.92 Å². The van der Waals surface area contributed by atoms with E-state index in [1.165, 1.54) is 0 Å². The van der Waals surface area contributed by atoms with Crippen molar-refractivity contribution in [2.75, 3.05) is 0 Å². The minimum Gasteiger partial charge on any atom is -0.267 e. The number of halogens is 2. The smallest absolute Gasteiger partial charge is 0.267 e. The van der Waals surface area contributed by atoms with E-state index < -0.39 is 0 Å². The van der Waals surface area contributed by atoms with Crippen LogP contribution in [0.5, 0.6) is 0 Å². The lowest BCUT2D eigenvalue weighted by atomic mass is 10.1. The van der Waals surface area contributed by atoms with Crippen molar-refractivity contribution in [1.29, 1.82) is 0 Å². The van der Waals surface area contributed by atoms with Crippen molar-refractivity contribution in [3.8, 4) is 0 Å². The summed E-state index contributed by atoms with van der Waals surface area (Å²) in [5.74, 6) is -0.308. The fraction of sp³-hybridized carbons (Fsp3) is 0.0667. The minimum absolute atomic E-state index is 0.308. The molecule has 0 saturated heterocycles. The molecule has 0 bridgehead atoms. The van der Waals surface area contributed by atoms with Gasteiger partial charge in [-0.15, -0.1) is 0 Å². The van der Waals surface area contributed by atoms with Gasteiger partial charge in [-0.3, -0.25) is 4.79 Å². The van der Waals surface area contributed by atoms with Gasteiger partial charge in [0.15, 0.2) is 0 Å². The highest BCUT2D eigenvalue weighted by Gasteiger charge is 2.05. The molecule has 0 aliphatic heterocycles. The molecule has 1 amide bonds. The van der Waals surface area contributed by atoms with Crippen molar-refractivity contribution in [3.05, 3.63) is 69.2 Å². The van der Waals surface area contributed by atoms with Crippen LogP contribution in [0.15, 0.2) is 47.6 Å². The van der Waals surface area contributed by atoms with E-state index >= 15 is 0 Å². The molecule has 2 aromatic rings. The molecule has 0 heterocycles. The van der Waals surface area contributed by atoms with Crippen molar-refractivity contribution >= 4 is 35.3 Å². The van der Waals surface area contributed by atoms with Crippen molar-refractivity contribution in [2.45, 2.75) is 6.92 Å². The average molecular weight is 307 g/mol. The maximum atomic E-state index is 11.8. The van der Waals surface area contributed by atoms with Gasteiger partial charge in [-0.1, -0.05) is 41.4 Å². The van der Waals surface area contributed by atoms with Crippen LogP contribution in [-0.2, 0) is 0 Å². The number of hydrazone groups is 1. The van der Waals surface area contributed by atoms with Gasteiger partial charge < -0.3 is 0 Å². The Kier molecular flexibility index (Phi) is 4.77. The molecule has 2 aromatic carbocycles. The Labute approximate surface area is 127 Å². The summed E-state index contributed by atoms with van der Waals surface area (Å²) in [5.41, 5.74) is 4.68. The number of benzene rings is 2. The third-order valence-corrected chi connectivity index (χ3v) is 3.34. The number of hydrogen-bond acceptors (Lipinski definition) is 2. The molecule has 0 aliphatic carbocycles. The highest BCUT2D eigenvalue weighted by atomic mass is 35.5. The van der Waals surface area contributed by atoms with Gasteiger partial charge >= 0.3 is 0 Å². The lowest BCUT2D eigenvalue weighted by Crippen LogP contribution is -2.17. The average Bonchev–Trinajstić information content (AvgIpc) is 2.44. The third kappa shape index (κ3) is 3.83. The van der Waals surface area contributed by atoms with E-state index in [0.29, 0.717) is 15.6 Å². The summed E-state index contributed by atoms with van der Waals surface area (Å²) in [5, 5.41) is 5.10. The number of carbonyl (C=O) groups excluding carboxylic acids is 1. The van der Waals surface area contributed by atoms with E-state index in [2.05, 4.69) is 10.5 Å². The maximum absolute atomic E-state index is 11.8. The molecule has 1 N–H and O–H groups in total. The van der Waals surface area contributed by atoms with Gasteiger partial charge in [0, 0.05) is 15.6 Å². The Morgan fingerprint density at radius 1 is 1.15 bits per heavy atom. The third-order valence-electron chi connectivity index (χ3n) is 2.68. The van der Waals surface area contributed by atoms with Crippen LogP contribution in [0.3, 0.4) is 0 Å². The molecule has 20 heavy (non-hydrogen) atoms. The van der Waals surface area contributed by atoms with Crippen LogP contribution in [0.2, 0.25) is 10.0 Å². The summed E-state index contributed by atoms with van der Waals surface area (Å²) in [6.45, 7) is 1.88. The van der Waals surface area contributed by atoms with Crippen LogP contribution >= 0.6 is 23.2 Å². The Morgan fingerprint density at radius 2 is 1.85 bits per heavy atom. The first-order valence-electron chi connectivity index (χ1n) is 5.91. The van der Waals surface area contributed by atoms with Crippen LogP contribution in [0.25, 0.3) is 0 Å². The van der Waals surface area contributed by atoms with Gasteiger partial charge in [-0.25, -0.2) is 5.43 Å². The molecular weight excluding hydrogens is 295 g/mol. The van der Waals surface area contributed by atoms with Gasteiger partial charge in [0.05, 0.1) is 6.21 Å². The van der Waals surface area contributed by atoms with Crippen molar-refractivity contribution in [1.82, 2.24) is 5.43 Å². The lowest BCUT2D eigenvalue weighted by Gasteiger charge is -2.02. The topological polar surface area (TPSA) is 41.5 Å². The fourth-order valence-corrected chi connectivity index (χ4v) is 1.82. The standard InChI is InChI=1S/C15H12Cl2N2O/c1-10-2-5-12(8-14(10)17)15(20)19-18-9-11-3-6-13(16)7-4-11/h2-9H,1H3,(H,19,20)/b18-9+. The molecule has 0 spiro atoms. The molecule has 2 rings (SSSR count). The summed E-state index contributed by atoms with van der Waals surface area (Å²) >= 11 is 11.7. The minimum atomic E-state index is -0.308. The second-order valence-electron chi connectivity index (χ2n) is 4.21. The van der Waals surface area contributed by atoms with Crippen molar-refractivity contribution in [3.63, 3.8) is 0 Å². The molecule has 0 atom stereocenters. The summed E-state index contributed by atoms with van der Waals surface area (Å²) < 4.78 is 0. The van der Waals surface area contributed by atoms with Crippen LogP contribution < -0.4 is 5.43 Å². The Morgan fingerprint density at radius 3 is 2.50 bits per heavy atom. The molecular formula is C15H12Cl2N2O. The number of nitrogens with one attached hydrogen (secondary N) is 1. The Balaban J connectivity index is 2.01. The monoisotopic (exact) mass is 306 g/mol. The maximum Gasteiger partial charge on any atom is 0.271 e. The van der Waals surface area contributed by atoms with Gasteiger partial charge in [0.2, 0.25) is 0 Å². The second-order valence-corrected chi connectivity index (χ2v) is 5.06. The Hall–Kier alpha value is -1.84. The molecule has 0 fully saturated rings. The quantitative estimate of drug-likeness (QED) is 0.674. The summed E-state index contributed by atoms with van der Waals surface area (Å²) in [7, 11) is 0. The van der Waals surface area contributed by atoms with Crippen LogP contribution in [-0.4, -0.2) is 12.1 Å². The predicted octanol–water partition coefficient (Wildman–Crippen LogP) is 4.07. The molecule has 0 saturated carbocycles. The molecule has 0 aromatic heterocycles. The number of aryl methyl sites for hydroxylation is 1. The van der Waals surface area contributed by atoms with Gasteiger partial charge in [0.1, 0.15) is 0 Å². The summed E-state index contributed by atoms with van der Waals surface area (Å²) in [6, 6.07) is 12.2. The molecule has 5 heteroatoms. The highest BCUT2D eigenvalue weighted by Crippen LogP contribution is 2.16. The largest absolute Gasteiger partial charge is 0.271 e. The molecule has 102 valence electrons. The molecule has 0 radical (unpaired) electrons. The highest BCUT2D eigenvalue weighted by molar-refractivity contribution is 6.31. The predicted molar refractivity (Wildman–Crippen MR) is 82.7 cm³/mol. The van der Waals surface area contributed by atoms with E-state index in [0.717, 1.165) is 11.1 Å². The van der Waals surface area contributed by atoms with Crippen LogP contribution in [0.4, 0.5) is 0 Å². The van der Waals surface area contributed by atoms with Crippen molar-refractivity contribution in [2.24, 2.45) is 5.10 Å². The fourth-order valence-electron chi connectivity index (χ4n) is 1.51. The van der Waals surface area contributed by atoms with Gasteiger partial charge in [0.25, 0.3) is 5.91 Å². The number of rotatable bonds is 3. The van der Waals surface area contributed by atoms with E-state index in [1.54, 1.807) is 48.7 Å². The zero-order valence-electron chi connectivity index (χ0n) is 10.7. The summed E-state index contributed by atoms with van der Waals surface area (Å²) in [6.07, 6.45) is 1.55. The van der Waals surface area contributed by atoms with Crippen LogP contribution in [0.1, 0.15) is 21.5 Å². The Bertz CT molecular complexity index is 651. The summed E-state index contributed by atoms with van der Waals surface area (Å²) in [4.78, 5) is 11.8. The van der Waals surface area contributed by atoms with Gasteiger partial charge in [-0.05, 0) is 42.3 Å². The van der Waals surface area contributed by atoms with Crippen molar-refractivity contribution < 1.29 is 4.79 Å². The molecule has 3 nitrogen and oxygen atoms in total. The first-order valence-corrected chi connectivity index (χ1v) is 6.67. The van der Waals surface area contributed by atoms with E-state index in [4.69, 9.17) is 23.2 Å². The van der Waals surface area contributed by atoms with Gasteiger partial charge in [-0.2, -0.15) is 5.10 Å². The van der Waals surface area contributed by atoms with E-state index in [1.807, 2.05) is 6.92 Å². The first kappa shape index (κ1) is 14.6. The first-order chi connectivity index (χ1) is 9.56. The second kappa shape index (κ2) is 6.55. The normalized spacial score (nSPS) is 10.8. The number of amides is 1. The molecule has 0 unspecified atom stereocenters.